The van der Waals surface area contributed by atoms with Gasteiger partial charge in [0.1, 0.15) is 0 Å². The summed E-state index contributed by atoms with van der Waals surface area (Å²) in [5, 5.41) is 0.546. The predicted octanol–water partition coefficient (Wildman–Crippen LogP) is 5.49. The lowest BCUT2D eigenvalue weighted by Crippen LogP contribution is -2.29. The molecule has 0 fully saturated rings. The molecule has 160 valence electrons. The third-order valence-corrected chi connectivity index (χ3v) is 5.83. The van der Waals surface area contributed by atoms with Gasteiger partial charge in [0, 0.05) is 5.56 Å². The molecule has 0 unspecified atom stereocenters. The summed E-state index contributed by atoms with van der Waals surface area (Å²) >= 11 is 17.9. The summed E-state index contributed by atoms with van der Waals surface area (Å²) < 4.78 is 5.09. The standard InChI is InChI=1S/C23H12Cl3NO5/c24-17-7-2-1-6-14(17)20(28)11-32-23(31)12-4-3-5-13(8-12)27-21(29)15-9-18(25)19(26)10-16(15)22(27)30/h1-10H,11H2. The highest BCUT2D eigenvalue weighted by Gasteiger charge is 2.37. The minimum Gasteiger partial charge on any atom is -0.454 e. The Balaban J connectivity index is 1.53. The summed E-state index contributed by atoms with van der Waals surface area (Å²) in [6, 6.07) is 14.8. The Morgan fingerprint density at radius 2 is 1.41 bits per heavy atom. The quantitative estimate of drug-likeness (QED) is 0.270. The number of hydrogen-bond acceptors (Lipinski definition) is 5. The average molecular weight is 489 g/mol. The van der Waals surface area contributed by atoms with Gasteiger partial charge in [-0.05, 0) is 42.5 Å². The van der Waals surface area contributed by atoms with Crippen LogP contribution in [0.3, 0.4) is 0 Å². The summed E-state index contributed by atoms with van der Waals surface area (Å²) in [4.78, 5) is 51.2. The molecule has 0 aromatic heterocycles. The molecule has 1 heterocycles. The lowest BCUT2D eigenvalue weighted by Gasteiger charge is -2.14. The second-order valence-corrected chi connectivity index (χ2v) is 8.01. The monoisotopic (exact) mass is 487 g/mol. The van der Waals surface area contributed by atoms with Crippen molar-refractivity contribution < 1.29 is 23.9 Å². The van der Waals surface area contributed by atoms with Crippen molar-refractivity contribution in [2.45, 2.75) is 0 Å². The smallest absolute Gasteiger partial charge is 0.338 e. The number of ketones is 1. The number of fused-ring (bicyclic) bond motifs is 1. The van der Waals surface area contributed by atoms with E-state index in [1.54, 1.807) is 18.2 Å². The number of halogens is 3. The minimum atomic E-state index is -0.796. The molecule has 0 saturated heterocycles. The second kappa shape index (κ2) is 8.74. The zero-order valence-electron chi connectivity index (χ0n) is 16.1. The molecule has 0 bridgehead atoms. The highest BCUT2D eigenvalue weighted by molar-refractivity contribution is 6.44. The number of Topliss-reactive ketones (excluding diaryl/α,β-unsaturated/α-hetero) is 1. The predicted molar refractivity (Wildman–Crippen MR) is 120 cm³/mol. The van der Waals surface area contributed by atoms with Crippen LogP contribution in [0, 0.1) is 0 Å². The van der Waals surface area contributed by atoms with Gasteiger partial charge >= 0.3 is 5.97 Å². The van der Waals surface area contributed by atoms with Crippen LogP contribution in [0.15, 0.2) is 60.7 Å². The number of hydrogen-bond donors (Lipinski definition) is 0. The molecule has 3 aromatic rings. The van der Waals surface area contributed by atoms with E-state index in [1.807, 2.05) is 0 Å². The van der Waals surface area contributed by atoms with E-state index < -0.39 is 30.2 Å². The van der Waals surface area contributed by atoms with Crippen LogP contribution in [-0.2, 0) is 4.74 Å². The third-order valence-electron chi connectivity index (χ3n) is 4.78. The van der Waals surface area contributed by atoms with E-state index in [2.05, 4.69) is 0 Å². The Bertz CT molecular complexity index is 1260. The van der Waals surface area contributed by atoms with Crippen LogP contribution < -0.4 is 4.90 Å². The Morgan fingerprint density at radius 3 is 2.03 bits per heavy atom. The van der Waals surface area contributed by atoms with Crippen LogP contribution in [0.5, 0.6) is 0 Å². The van der Waals surface area contributed by atoms with E-state index in [1.165, 1.54) is 42.5 Å². The number of carbonyl (C=O) groups is 4. The molecular formula is C23H12Cl3NO5. The van der Waals surface area contributed by atoms with E-state index >= 15 is 0 Å². The fraction of sp³-hybridized carbons (Fsp3) is 0.0435. The lowest BCUT2D eigenvalue weighted by molar-refractivity contribution is 0.0474. The number of imide groups is 1. The van der Waals surface area contributed by atoms with Crippen molar-refractivity contribution in [3.8, 4) is 0 Å². The Hall–Kier alpha value is -3.19. The fourth-order valence-electron chi connectivity index (χ4n) is 3.22. The molecule has 0 N–H and O–H groups in total. The molecule has 9 heteroatoms. The van der Waals surface area contributed by atoms with Crippen molar-refractivity contribution in [3.05, 3.63) is 98.0 Å². The molecular weight excluding hydrogens is 477 g/mol. The number of anilines is 1. The van der Waals surface area contributed by atoms with Gasteiger partial charge in [0.2, 0.25) is 5.78 Å². The van der Waals surface area contributed by atoms with Crippen molar-refractivity contribution >= 4 is 64.1 Å². The van der Waals surface area contributed by atoms with Crippen LogP contribution in [-0.4, -0.2) is 30.2 Å². The van der Waals surface area contributed by atoms with Crippen LogP contribution in [0.2, 0.25) is 15.1 Å². The highest BCUT2D eigenvalue weighted by Crippen LogP contribution is 2.34. The number of amides is 2. The third kappa shape index (κ3) is 4.00. The van der Waals surface area contributed by atoms with Crippen molar-refractivity contribution in [1.29, 1.82) is 0 Å². The van der Waals surface area contributed by atoms with Gasteiger partial charge < -0.3 is 4.74 Å². The van der Waals surface area contributed by atoms with E-state index in [0.717, 1.165) is 4.90 Å². The zero-order chi connectivity index (χ0) is 23.0. The number of esters is 1. The Morgan fingerprint density at radius 1 is 0.781 bits per heavy atom. The summed E-state index contributed by atoms with van der Waals surface area (Å²) in [5.41, 5.74) is 0.682. The normalized spacial score (nSPS) is 12.7. The Kier molecular flexibility index (Phi) is 6.02. The van der Waals surface area contributed by atoms with Gasteiger partial charge in [0.25, 0.3) is 11.8 Å². The first-order valence-corrected chi connectivity index (χ1v) is 10.3. The summed E-state index contributed by atoms with van der Waals surface area (Å²) in [5.74, 6) is -2.45. The van der Waals surface area contributed by atoms with Gasteiger partial charge in [-0.2, -0.15) is 0 Å². The van der Waals surface area contributed by atoms with Crippen LogP contribution in [0.1, 0.15) is 41.4 Å². The van der Waals surface area contributed by atoms with Crippen LogP contribution in [0.25, 0.3) is 0 Å². The highest BCUT2D eigenvalue weighted by atomic mass is 35.5. The largest absolute Gasteiger partial charge is 0.454 e. The van der Waals surface area contributed by atoms with Gasteiger partial charge in [-0.15, -0.1) is 0 Å². The Labute approximate surface area is 197 Å². The van der Waals surface area contributed by atoms with E-state index in [9.17, 15) is 19.2 Å². The van der Waals surface area contributed by atoms with Gasteiger partial charge in [-0.3, -0.25) is 14.4 Å². The molecule has 3 aromatic carbocycles. The zero-order valence-corrected chi connectivity index (χ0v) is 18.4. The number of ether oxygens (including phenoxy) is 1. The molecule has 32 heavy (non-hydrogen) atoms. The summed E-state index contributed by atoms with van der Waals surface area (Å²) in [6.07, 6.45) is 0. The van der Waals surface area contributed by atoms with E-state index in [0.29, 0.717) is 0 Å². The molecule has 0 spiro atoms. The van der Waals surface area contributed by atoms with E-state index in [4.69, 9.17) is 39.5 Å². The molecule has 0 aliphatic carbocycles. The van der Waals surface area contributed by atoms with Crippen molar-refractivity contribution in [2.75, 3.05) is 11.5 Å². The van der Waals surface area contributed by atoms with Crippen LogP contribution in [0.4, 0.5) is 5.69 Å². The van der Waals surface area contributed by atoms with Gasteiger partial charge in [-0.1, -0.05) is 53.0 Å². The molecule has 1 aliphatic heterocycles. The summed E-state index contributed by atoms with van der Waals surface area (Å²) in [7, 11) is 0. The number of rotatable bonds is 5. The van der Waals surface area contributed by atoms with Crippen molar-refractivity contribution in [1.82, 2.24) is 0 Å². The van der Waals surface area contributed by atoms with Crippen LogP contribution >= 0.6 is 34.8 Å². The number of carbonyl (C=O) groups excluding carboxylic acids is 4. The van der Waals surface area contributed by atoms with Gasteiger partial charge in [0.05, 0.1) is 37.4 Å². The maximum Gasteiger partial charge on any atom is 0.338 e. The maximum absolute atomic E-state index is 12.8. The first-order chi connectivity index (χ1) is 15.3. The molecule has 0 radical (unpaired) electrons. The van der Waals surface area contributed by atoms with E-state index in [-0.39, 0.29) is 43.0 Å². The van der Waals surface area contributed by atoms with Gasteiger partial charge in [-0.25, -0.2) is 9.69 Å². The van der Waals surface area contributed by atoms with Crippen molar-refractivity contribution in [3.63, 3.8) is 0 Å². The first-order valence-electron chi connectivity index (χ1n) is 9.20. The molecule has 4 rings (SSSR count). The molecule has 0 atom stereocenters. The topological polar surface area (TPSA) is 80.8 Å². The SMILES string of the molecule is O=C(OCC(=O)c1ccccc1Cl)c1cccc(N2C(=O)c3cc(Cl)c(Cl)cc3C2=O)c1. The molecule has 6 nitrogen and oxygen atoms in total. The first kappa shape index (κ1) is 22.0. The number of nitrogens with zero attached hydrogens (tertiary/aromatic N) is 1. The molecule has 1 aliphatic rings. The maximum atomic E-state index is 12.8. The number of benzene rings is 3. The lowest BCUT2D eigenvalue weighted by atomic mass is 10.1. The van der Waals surface area contributed by atoms with Gasteiger partial charge in [0.15, 0.2) is 6.61 Å². The summed E-state index contributed by atoms with van der Waals surface area (Å²) in [6.45, 7) is -0.517. The molecule has 0 saturated carbocycles. The fourth-order valence-corrected chi connectivity index (χ4v) is 3.79. The average Bonchev–Trinajstić information content (AvgIpc) is 3.02. The molecule has 2 amide bonds. The minimum absolute atomic E-state index is 0.0575. The van der Waals surface area contributed by atoms with Crippen molar-refractivity contribution in [2.24, 2.45) is 0 Å². The second-order valence-electron chi connectivity index (χ2n) is 6.79.